The van der Waals surface area contributed by atoms with Crippen LogP contribution >= 0.6 is 0 Å². The molecule has 0 unspecified atom stereocenters. The Morgan fingerprint density at radius 1 is 1.13 bits per heavy atom. The van der Waals surface area contributed by atoms with Crippen molar-refractivity contribution in [2.45, 2.75) is 32.2 Å². The van der Waals surface area contributed by atoms with Gasteiger partial charge in [0.25, 0.3) is 0 Å². The molecule has 1 saturated heterocycles. The summed E-state index contributed by atoms with van der Waals surface area (Å²) in [4.78, 5) is 38.9. The lowest BCUT2D eigenvalue weighted by atomic mass is 10.1. The first-order valence-electron chi connectivity index (χ1n) is 10.1. The zero-order chi connectivity index (χ0) is 21.6. The van der Waals surface area contributed by atoms with Gasteiger partial charge in [-0.15, -0.1) is 0 Å². The van der Waals surface area contributed by atoms with Crippen molar-refractivity contribution in [1.29, 1.82) is 0 Å². The molecule has 0 saturated carbocycles. The number of carbonyl (C=O) groups is 2. The molecule has 0 aliphatic carbocycles. The number of nitrogens with one attached hydrogen (secondary N) is 1. The van der Waals surface area contributed by atoms with Crippen molar-refractivity contribution in [2.75, 3.05) is 11.9 Å². The highest BCUT2D eigenvalue weighted by atomic mass is 16.6. The summed E-state index contributed by atoms with van der Waals surface area (Å²) >= 11 is 0. The smallest absolute Gasteiger partial charge is 0.416 e. The van der Waals surface area contributed by atoms with E-state index in [-0.39, 0.29) is 25.0 Å². The van der Waals surface area contributed by atoms with E-state index in [1.165, 1.54) is 4.90 Å². The Morgan fingerprint density at radius 3 is 2.71 bits per heavy atom. The second kappa shape index (κ2) is 9.34. The van der Waals surface area contributed by atoms with E-state index in [4.69, 9.17) is 4.74 Å². The molecule has 2 aromatic heterocycles. The molecule has 1 atom stereocenters. The first kappa shape index (κ1) is 20.5. The number of nitrogens with zero attached hydrogens (tertiary/aromatic N) is 4. The van der Waals surface area contributed by atoms with Crippen LogP contribution in [-0.2, 0) is 22.4 Å². The van der Waals surface area contributed by atoms with Crippen LogP contribution in [0.4, 0.5) is 16.6 Å². The van der Waals surface area contributed by atoms with Gasteiger partial charge in [-0.05, 0) is 43.0 Å². The third-order valence-corrected chi connectivity index (χ3v) is 5.03. The van der Waals surface area contributed by atoms with Crippen molar-refractivity contribution < 1.29 is 14.3 Å². The fraction of sp³-hybridized carbons (Fsp3) is 0.261. The summed E-state index contributed by atoms with van der Waals surface area (Å²) in [6.45, 7) is 2.11. The molecular formula is C23H23N5O3. The van der Waals surface area contributed by atoms with Crippen molar-refractivity contribution in [3.8, 4) is 0 Å². The molecule has 3 aromatic rings. The summed E-state index contributed by atoms with van der Waals surface area (Å²) in [6.07, 6.45) is 4.09. The second-order valence-electron chi connectivity index (χ2n) is 7.38. The molecule has 8 heteroatoms. The quantitative estimate of drug-likeness (QED) is 0.629. The number of ether oxygens (including phenoxy) is 1. The number of benzene rings is 1. The summed E-state index contributed by atoms with van der Waals surface area (Å²) in [5, 5.41) is 3.05. The lowest BCUT2D eigenvalue weighted by Gasteiger charge is -2.19. The largest absolute Gasteiger partial charge is 0.447 e. The molecule has 0 radical (unpaired) electrons. The van der Waals surface area contributed by atoms with Gasteiger partial charge < -0.3 is 10.1 Å². The zero-order valence-corrected chi connectivity index (χ0v) is 17.2. The van der Waals surface area contributed by atoms with Gasteiger partial charge in [0, 0.05) is 24.5 Å². The maximum absolute atomic E-state index is 12.7. The Kier molecular flexibility index (Phi) is 6.16. The van der Waals surface area contributed by atoms with Crippen LogP contribution in [0.3, 0.4) is 0 Å². The van der Waals surface area contributed by atoms with Crippen molar-refractivity contribution in [3.63, 3.8) is 0 Å². The lowest BCUT2D eigenvalue weighted by molar-refractivity contribution is -0.129. The Labute approximate surface area is 180 Å². The van der Waals surface area contributed by atoms with Crippen LogP contribution in [0.25, 0.3) is 0 Å². The van der Waals surface area contributed by atoms with Gasteiger partial charge in [0.2, 0.25) is 11.9 Å². The van der Waals surface area contributed by atoms with Crippen LogP contribution in [0.1, 0.15) is 23.2 Å². The Hall–Kier alpha value is -3.81. The number of hydrogen-bond acceptors (Lipinski definition) is 7. The fourth-order valence-electron chi connectivity index (χ4n) is 3.44. The highest BCUT2D eigenvalue weighted by Crippen LogP contribution is 2.19. The van der Waals surface area contributed by atoms with Crippen molar-refractivity contribution in [3.05, 3.63) is 77.7 Å². The number of aromatic nitrogens is 3. The predicted molar refractivity (Wildman–Crippen MR) is 115 cm³/mol. The number of pyridine rings is 1. The molecule has 2 amide bonds. The molecule has 0 spiro atoms. The highest BCUT2D eigenvalue weighted by molar-refractivity contribution is 5.93. The minimum atomic E-state index is -0.568. The van der Waals surface area contributed by atoms with E-state index in [2.05, 4.69) is 20.3 Å². The van der Waals surface area contributed by atoms with Crippen LogP contribution in [0.2, 0.25) is 0 Å². The number of anilines is 2. The van der Waals surface area contributed by atoms with Gasteiger partial charge in [-0.3, -0.25) is 4.79 Å². The van der Waals surface area contributed by atoms with Crippen LogP contribution in [0, 0.1) is 6.92 Å². The predicted octanol–water partition coefficient (Wildman–Crippen LogP) is 3.45. The number of rotatable bonds is 7. The van der Waals surface area contributed by atoms with Gasteiger partial charge in [-0.1, -0.05) is 36.4 Å². The summed E-state index contributed by atoms with van der Waals surface area (Å²) in [6, 6.07) is 15.0. The number of amides is 2. The fourth-order valence-corrected chi connectivity index (χ4v) is 3.44. The highest BCUT2D eigenvalue weighted by Gasteiger charge is 2.37. The van der Waals surface area contributed by atoms with E-state index >= 15 is 0 Å². The molecule has 4 rings (SSSR count). The van der Waals surface area contributed by atoms with Gasteiger partial charge in [0.05, 0.1) is 6.04 Å². The lowest BCUT2D eigenvalue weighted by Crippen LogP contribution is -2.40. The minimum Gasteiger partial charge on any atom is -0.447 e. The summed E-state index contributed by atoms with van der Waals surface area (Å²) in [5.41, 5.74) is 2.82. The van der Waals surface area contributed by atoms with Crippen molar-refractivity contribution in [1.82, 2.24) is 19.9 Å². The van der Waals surface area contributed by atoms with E-state index in [0.29, 0.717) is 24.6 Å². The maximum Gasteiger partial charge on any atom is 0.416 e. The average molecular weight is 417 g/mol. The van der Waals surface area contributed by atoms with Crippen LogP contribution in [0.15, 0.2) is 60.9 Å². The third kappa shape index (κ3) is 5.22. The second-order valence-corrected chi connectivity index (χ2v) is 7.38. The standard InChI is InChI=1S/C23H23N5O3/c1-16-11-12-24-22(26-16)27-20-9-7-18(14-25-20)8-10-21(29)28-19(15-31-23(28)30)13-17-5-3-2-4-6-17/h2-7,9,11-12,14,19H,8,10,13,15H2,1H3,(H,24,25,26,27)/t19-/m1/s1. The first-order chi connectivity index (χ1) is 15.1. The molecule has 1 aliphatic heterocycles. The number of hydrogen-bond donors (Lipinski definition) is 1. The monoisotopic (exact) mass is 417 g/mol. The van der Waals surface area contributed by atoms with E-state index < -0.39 is 6.09 Å². The molecule has 1 fully saturated rings. The summed E-state index contributed by atoms with van der Waals surface area (Å²) in [7, 11) is 0. The number of aryl methyl sites for hydroxylation is 2. The Morgan fingerprint density at radius 2 is 1.97 bits per heavy atom. The van der Waals surface area contributed by atoms with E-state index in [0.717, 1.165) is 16.8 Å². The Bertz CT molecular complexity index is 1060. The number of carbonyl (C=O) groups excluding carboxylic acids is 2. The Balaban J connectivity index is 1.33. The summed E-state index contributed by atoms with van der Waals surface area (Å²) < 4.78 is 5.14. The third-order valence-electron chi connectivity index (χ3n) is 5.03. The number of imide groups is 1. The first-order valence-corrected chi connectivity index (χ1v) is 10.1. The molecule has 158 valence electrons. The topological polar surface area (TPSA) is 97.3 Å². The van der Waals surface area contributed by atoms with Gasteiger partial charge >= 0.3 is 6.09 Å². The van der Waals surface area contributed by atoms with Gasteiger partial charge in [0.1, 0.15) is 12.4 Å². The average Bonchev–Trinajstić information content (AvgIpc) is 3.14. The van der Waals surface area contributed by atoms with Crippen LogP contribution < -0.4 is 5.32 Å². The molecular weight excluding hydrogens is 394 g/mol. The summed E-state index contributed by atoms with van der Waals surface area (Å²) in [5.74, 6) is 0.859. The molecule has 8 nitrogen and oxygen atoms in total. The minimum absolute atomic E-state index is 0.204. The molecule has 31 heavy (non-hydrogen) atoms. The van der Waals surface area contributed by atoms with Crippen molar-refractivity contribution >= 4 is 23.8 Å². The van der Waals surface area contributed by atoms with E-state index in [1.54, 1.807) is 12.4 Å². The van der Waals surface area contributed by atoms with Gasteiger partial charge in [-0.25, -0.2) is 24.6 Å². The molecule has 1 N–H and O–H groups in total. The molecule has 1 aromatic carbocycles. The number of cyclic esters (lactones) is 1. The maximum atomic E-state index is 12.7. The van der Waals surface area contributed by atoms with Gasteiger partial charge in [0.15, 0.2) is 0 Å². The van der Waals surface area contributed by atoms with E-state index in [9.17, 15) is 9.59 Å². The molecule has 1 aliphatic rings. The van der Waals surface area contributed by atoms with Crippen LogP contribution in [-0.4, -0.2) is 44.5 Å². The van der Waals surface area contributed by atoms with Crippen molar-refractivity contribution in [2.24, 2.45) is 0 Å². The normalized spacial score (nSPS) is 15.6. The SMILES string of the molecule is Cc1ccnc(Nc2ccc(CCC(=O)N3C(=O)OC[C@H]3Cc3ccccc3)cn2)n1. The van der Waals surface area contributed by atoms with Gasteiger partial charge in [-0.2, -0.15) is 0 Å². The zero-order valence-electron chi connectivity index (χ0n) is 17.2. The van der Waals surface area contributed by atoms with E-state index in [1.807, 2.05) is 55.5 Å². The molecule has 0 bridgehead atoms. The van der Waals surface area contributed by atoms with Crippen LogP contribution in [0.5, 0.6) is 0 Å². The molecule has 3 heterocycles.